The summed E-state index contributed by atoms with van der Waals surface area (Å²) in [6.45, 7) is 0. The van der Waals surface area contributed by atoms with Crippen LogP contribution in [-0.2, 0) is 0 Å². The van der Waals surface area contributed by atoms with E-state index in [1.165, 1.54) is 43.8 Å². The molecule has 1 heterocycles. The third-order valence-electron chi connectivity index (χ3n) is 9.02. The first-order chi connectivity index (χ1) is 22.8. The van der Waals surface area contributed by atoms with Crippen LogP contribution in [0.4, 0.5) is 17.1 Å². The van der Waals surface area contributed by atoms with E-state index in [0.717, 1.165) is 39.0 Å². The average Bonchev–Trinajstić information content (AvgIpc) is 3.51. The molecular weight excluding hydrogens is 558 g/mol. The number of fused-ring (bicyclic) bond motifs is 5. The summed E-state index contributed by atoms with van der Waals surface area (Å²) in [5.41, 5.74) is 9.95. The van der Waals surface area contributed by atoms with Crippen molar-refractivity contribution in [2.75, 3.05) is 4.90 Å². The van der Waals surface area contributed by atoms with Crippen molar-refractivity contribution in [3.8, 4) is 22.3 Å². The summed E-state index contributed by atoms with van der Waals surface area (Å²) in [7, 11) is 0. The van der Waals surface area contributed by atoms with E-state index in [0.29, 0.717) is 0 Å². The summed E-state index contributed by atoms with van der Waals surface area (Å²) in [5.74, 6) is 0. The van der Waals surface area contributed by atoms with Gasteiger partial charge < -0.3 is 9.32 Å². The van der Waals surface area contributed by atoms with Gasteiger partial charge in [-0.05, 0) is 98.4 Å². The summed E-state index contributed by atoms with van der Waals surface area (Å²) in [5, 5.41) is 7.16. The monoisotopic (exact) mass is 587 g/mol. The molecule has 0 fully saturated rings. The molecule has 9 rings (SSSR count). The topological polar surface area (TPSA) is 16.4 Å². The molecule has 8 aromatic carbocycles. The second-order valence-corrected chi connectivity index (χ2v) is 11.8. The van der Waals surface area contributed by atoms with Crippen molar-refractivity contribution in [3.05, 3.63) is 176 Å². The lowest BCUT2D eigenvalue weighted by atomic mass is 9.97. The SMILES string of the molecule is c1ccc(N(c2ccc3cc(-c4ccc(-c5ccc6ccccc6c5)cc4)ccc3c2)c2cccc3oc4ccccc4c23)cc1. The minimum Gasteiger partial charge on any atom is -0.456 e. The zero-order valence-corrected chi connectivity index (χ0v) is 25.1. The molecule has 2 nitrogen and oxygen atoms in total. The lowest BCUT2D eigenvalue weighted by Crippen LogP contribution is -2.10. The van der Waals surface area contributed by atoms with Gasteiger partial charge in [0.15, 0.2) is 0 Å². The van der Waals surface area contributed by atoms with Crippen LogP contribution in [0.5, 0.6) is 0 Å². The van der Waals surface area contributed by atoms with E-state index in [9.17, 15) is 0 Å². The quantitative estimate of drug-likeness (QED) is 0.199. The predicted octanol–water partition coefficient (Wildman–Crippen LogP) is 12.7. The molecule has 216 valence electrons. The maximum Gasteiger partial charge on any atom is 0.137 e. The normalized spacial score (nSPS) is 11.5. The van der Waals surface area contributed by atoms with Crippen molar-refractivity contribution in [1.82, 2.24) is 0 Å². The van der Waals surface area contributed by atoms with Gasteiger partial charge in [0.1, 0.15) is 11.2 Å². The molecule has 2 heteroatoms. The van der Waals surface area contributed by atoms with Gasteiger partial charge in [0, 0.05) is 16.8 Å². The van der Waals surface area contributed by atoms with Crippen molar-refractivity contribution in [2.24, 2.45) is 0 Å². The summed E-state index contributed by atoms with van der Waals surface area (Å²) in [6, 6.07) is 62.8. The van der Waals surface area contributed by atoms with Gasteiger partial charge in [-0.15, -0.1) is 0 Å². The molecule has 0 spiro atoms. The number of anilines is 3. The Balaban J connectivity index is 1.10. The third-order valence-corrected chi connectivity index (χ3v) is 9.02. The summed E-state index contributed by atoms with van der Waals surface area (Å²) in [4.78, 5) is 2.34. The van der Waals surface area contributed by atoms with E-state index in [2.05, 4.69) is 169 Å². The van der Waals surface area contributed by atoms with Gasteiger partial charge >= 0.3 is 0 Å². The maximum atomic E-state index is 6.26. The van der Waals surface area contributed by atoms with Crippen molar-refractivity contribution in [2.45, 2.75) is 0 Å². The Morgan fingerprint density at radius 3 is 1.70 bits per heavy atom. The third kappa shape index (κ3) is 4.51. The molecule has 0 aliphatic heterocycles. The zero-order chi connectivity index (χ0) is 30.5. The van der Waals surface area contributed by atoms with Crippen LogP contribution in [0.15, 0.2) is 180 Å². The molecular formula is C44H29NO. The van der Waals surface area contributed by atoms with Crippen LogP contribution < -0.4 is 4.90 Å². The Morgan fingerprint density at radius 2 is 0.913 bits per heavy atom. The molecule has 0 atom stereocenters. The van der Waals surface area contributed by atoms with Crippen molar-refractivity contribution in [3.63, 3.8) is 0 Å². The number of rotatable bonds is 5. The minimum atomic E-state index is 0.886. The fourth-order valence-electron chi connectivity index (χ4n) is 6.72. The van der Waals surface area contributed by atoms with E-state index in [1.54, 1.807) is 0 Å². The predicted molar refractivity (Wildman–Crippen MR) is 194 cm³/mol. The Hall–Kier alpha value is -6.12. The molecule has 0 amide bonds. The molecule has 0 radical (unpaired) electrons. The molecule has 9 aromatic rings. The largest absolute Gasteiger partial charge is 0.456 e. The number of hydrogen-bond donors (Lipinski definition) is 0. The van der Waals surface area contributed by atoms with Gasteiger partial charge in [-0.2, -0.15) is 0 Å². The molecule has 0 unspecified atom stereocenters. The molecule has 1 aromatic heterocycles. The van der Waals surface area contributed by atoms with Gasteiger partial charge in [0.25, 0.3) is 0 Å². The average molecular weight is 588 g/mol. The standard InChI is InChI=1S/C44H29NO/c1-2-11-38(12-3-1)45(41-14-8-16-43-44(41)40-13-6-7-15-42(40)46-43)39-26-25-36-28-35(23-24-37(36)29-39)32-19-17-31(18-20-32)34-22-21-30-9-4-5-10-33(30)27-34/h1-29H. The van der Waals surface area contributed by atoms with Crippen molar-refractivity contribution in [1.29, 1.82) is 0 Å². The molecule has 0 aliphatic rings. The number of hydrogen-bond acceptors (Lipinski definition) is 2. The Morgan fingerprint density at radius 1 is 0.348 bits per heavy atom. The van der Waals surface area contributed by atoms with Crippen LogP contribution in [0.3, 0.4) is 0 Å². The second-order valence-electron chi connectivity index (χ2n) is 11.8. The van der Waals surface area contributed by atoms with E-state index in [4.69, 9.17) is 4.42 Å². The van der Waals surface area contributed by atoms with Gasteiger partial charge in [0.05, 0.1) is 11.1 Å². The first kappa shape index (κ1) is 26.3. The van der Waals surface area contributed by atoms with Gasteiger partial charge in [-0.25, -0.2) is 0 Å². The second kappa shape index (κ2) is 10.8. The molecule has 46 heavy (non-hydrogen) atoms. The van der Waals surface area contributed by atoms with Crippen LogP contribution in [-0.4, -0.2) is 0 Å². The lowest BCUT2D eigenvalue weighted by molar-refractivity contribution is 0.669. The number of nitrogens with zero attached hydrogens (tertiary/aromatic N) is 1. The first-order valence-corrected chi connectivity index (χ1v) is 15.7. The van der Waals surface area contributed by atoms with Gasteiger partial charge in [-0.1, -0.05) is 121 Å². The molecule has 0 N–H and O–H groups in total. The number of furan rings is 1. The highest BCUT2D eigenvalue weighted by atomic mass is 16.3. The fourth-order valence-corrected chi connectivity index (χ4v) is 6.72. The minimum absolute atomic E-state index is 0.886. The van der Waals surface area contributed by atoms with Crippen molar-refractivity contribution < 1.29 is 4.42 Å². The lowest BCUT2D eigenvalue weighted by Gasteiger charge is -2.26. The van der Waals surface area contributed by atoms with Crippen LogP contribution >= 0.6 is 0 Å². The maximum absolute atomic E-state index is 6.26. The fraction of sp³-hybridized carbons (Fsp3) is 0. The highest BCUT2D eigenvalue weighted by molar-refractivity contribution is 6.13. The van der Waals surface area contributed by atoms with Crippen molar-refractivity contribution >= 4 is 60.5 Å². The Labute approximate surface area is 267 Å². The smallest absolute Gasteiger partial charge is 0.137 e. The van der Waals surface area contributed by atoms with Crippen LogP contribution in [0.1, 0.15) is 0 Å². The van der Waals surface area contributed by atoms with Crippen LogP contribution in [0.25, 0.3) is 65.7 Å². The summed E-state index contributed by atoms with van der Waals surface area (Å²) >= 11 is 0. The van der Waals surface area contributed by atoms with Crippen LogP contribution in [0.2, 0.25) is 0 Å². The highest BCUT2D eigenvalue weighted by Crippen LogP contribution is 2.43. The number of para-hydroxylation sites is 2. The molecule has 0 saturated heterocycles. The molecule has 0 saturated carbocycles. The van der Waals surface area contributed by atoms with Gasteiger partial charge in [0.2, 0.25) is 0 Å². The van der Waals surface area contributed by atoms with Crippen LogP contribution in [0, 0.1) is 0 Å². The summed E-state index contributed by atoms with van der Waals surface area (Å²) < 4.78 is 6.26. The zero-order valence-electron chi connectivity index (χ0n) is 25.1. The molecule has 0 bridgehead atoms. The van der Waals surface area contributed by atoms with E-state index in [1.807, 2.05) is 12.1 Å². The van der Waals surface area contributed by atoms with E-state index < -0.39 is 0 Å². The van der Waals surface area contributed by atoms with Gasteiger partial charge in [-0.3, -0.25) is 0 Å². The molecule has 0 aliphatic carbocycles. The highest BCUT2D eigenvalue weighted by Gasteiger charge is 2.19. The first-order valence-electron chi connectivity index (χ1n) is 15.7. The van der Waals surface area contributed by atoms with E-state index in [-0.39, 0.29) is 0 Å². The number of benzene rings is 8. The Bertz CT molecular complexity index is 2530. The Kier molecular flexibility index (Phi) is 6.17. The summed E-state index contributed by atoms with van der Waals surface area (Å²) in [6.07, 6.45) is 0. The van der Waals surface area contributed by atoms with E-state index >= 15 is 0 Å².